The number of nitrogens with one attached hydrogen (secondary N) is 1. The molecule has 2 aromatic carbocycles. The van der Waals surface area contributed by atoms with E-state index in [1.54, 1.807) is 0 Å². The van der Waals surface area contributed by atoms with E-state index >= 15 is 0 Å². The van der Waals surface area contributed by atoms with Crippen LogP contribution in [0.15, 0.2) is 42.5 Å². The lowest BCUT2D eigenvalue weighted by atomic mass is 10.2. The Labute approximate surface area is 136 Å². The van der Waals surface area contributed by atoms with Crippen molar-refractivity contribution in [3.8, 4) is 5.75 Å². The van der Waals surface area contributed by atoms with Gasteiger partial charge < -0.3 is 15.2 Å². The van der Waals surface area contributed by atoms with E-state index in [1.807, 2.05) is 0 Å². The Hall–Kier alpha value is -2.18. The highest BCUT2D eigenvalue weighted by Crippen LogP contribution is 2.17. The third-order valence-electron chi connectivity index (χ3n) is 2.93. The molecule has 0 saturated heterocycles. The summed E-state index contributed by atoms with van der Waals surface area (Å²) in [6.07, 6.45) is -0.969. The molecule has 2 aromatic rings. The Balaban J connectivity index is 1.80. The first-order valence-corrected chi connectivity index (χ1v) is 7.13. The minimum Gasteiger partial charge on any atom is -0.491 e. The van der Waals surface area contributed by atoms with Gasteiger partial charge in [-0.15, -0.1) is 0 Å². The van der Waals surface area contributed by atoms with Crippen LogP contribution in [0.1, 0.15) is 10.4 Å². The zero-order valence-corrected chi connectivity index (χ0v) is 12.7. The Bertz CT molecular complexity index is 680. The van der Waals surface area contributed by atoms with Gasteiger partial charge >= 0.3 is 0 Å². The number of carbonyl (C=O) groups is 1. The van der Waals surface area contributed by atoms with E-state index in [9.17, 15) is 18.7 Å². The number of halogens is 3. The fraction of sp³-hybridized carbons (Fsp3) is 0.188. The van der Waals surface area contributed by atoms with E-state index < -0.39 is 17.8 Å². The summed E-state index contributed by atoms with van der Waals surface area (Å²) < 4.78 is 30.9. The second-order valence-corrected chi connectivity index (χ2v) is 5.16. The second kappa shape index (κ2) is 7.89. The molecule has 0 aliphatic heterocycles. The molecule has 2 N–H and O–H groups in total. The molecule has 2 rings (SSSR count). The van der Waals surface area contributed by atoms with Gasteiger partial charge in [-0.05, 0) is 42.5 Å². The van der Waals surface area contributed by atoms with Crippen molar-refractivity contribution in [3.05, 3.63) is 64.7 Å². The van der Waals surface area contributed by atoms with Gasteiger partial charge in [0.2, 0.25) is 0 Å². The molecule has 1 atom stereocenters. The first kappa shape index (κ1) is 17.2. The molecule has 0 spiro atoms. The van der Waals surface area contributed by atoms with E-state index in [4.69, 9.17) is 16.3 Å². The van der Waals surface area contributed by atoms with Gasteiger partial charge in [0.25, 0.3) is 5.91 Å². The average molecular weight is 342 g/mol. The molecule has 1 unspecified atom stereocenters. The minimum absolute atomic E-state index is 0.0143. The van der Waals surface area contributed by atoms with Gasteiger partial charge in [0.1, 0.15) is 30.1 Å². The van der Waals surface area contributed by atoms with Crippen molar-refractivity contribution in [2.75, 3.05) is 13.2 Å². The van der Waals surface area contributed by atoms with Gasteiger partial charge in [-0.25, -0.2) is 8.78 Å². The van der Waals surface area contributed by atoms with Gasteiger partial charge in [0.05, 0.1) is 10.6 Å². The molecular formula is C16H14ClF2NO3. The van der Waals surface area contributed by atoms with Crippen LogP contribution in [0.4, 0.5) is 8.78 Å². The summed E-state index contributed by atoms with van der Waals surface area (Å²) in [5.41, 5.74) is 0.111. The molecule has 0 fully saturated rings. The largest absolute Gasteiger partial charge is 0.491 e. The first-order chi connectivity index (χ1) is 11.0. The topological polar surface area (TPSA) is 58.6 Å². The van der Waals surface area contributed by atoms with Gasteiger partial charge in [-0.1, -0.05) is 11.6 Å². The fourth-order valence-corrected chi connectivity index (χ4v) is 2.01. The van der Waals surface area contributed by atoms with Crippen molar-refractivity contribution in [2.24, 2.45) is 0 Å². The monoisotopic (exact) mass is 341 g/mol. The molecule has 4 nitrogen and oxygen atoms in total. The lowest BCUT2D eigenvalue weighted by molar-refractivity contribution is 0.0843. The zero-order chi connectivity index (χ0) is 16.8. The third-order valence-corrected chi connectivity index (χ3v) is 3.24. The van der Waals surface area contributed by atoms with Gasteiger partial charge in [0, 0.05) is 6.54 Å². The summed E-state index contributed by atoms with van der Waals surface area (Å²) in [5, 5.41) is 12.2. The number of hydrogen-bond acceptors (Lipinski definition) is 3. The Morgan fingerprint density at radius 1 is 1.17 bits per heavy atom. The molecule has 23 heavy (non-hydrogen) atoms. The lowest BCUT2D eigenvalue weighted by Crippen LogP contribution is -2.35. The van der Waals surface area contributed by atoms with Gasteiger partial charge in [-0.2, -0.15) is 0 Å². The molecule has 0 saturated carbocycles. The lowest BCUT2D eigenvalue weighted by Gasteiger charge is -2.13. The maximum atomic E-state index is 12.9. The molecule has 0 radical (unpaired) electrons. The summed E-state index contributed by atoms with van der Waals surface area (Å²) in [5.74, 6) is -1.06. The van der Waals surface area contributed by atoms with Crippen LogP contribution in [-0.4, -0.2) is 30.3 Å². The highest BCUT2D eigenvalue weighted by molar-refractivity contribution is 6.33. The van der Waals surface area contributed by atoms with Crippen molar-refractivity contribution < 1.29 is 23.4 Å². The van der Waals surface area contributed by atoms with E-state index in [-0.39, 0.29) is 29.6 Å². The Kier molecular flexibility index (Phi) is 5.90. The van der Waals surface area contributed by atoms with Crippen LogP contribution in [0.3, 0.4) is 0 Å². The smallest absolute Gasteiger partial charge is 0.252 e. The Morgan fingerprint density at radius 2 is 1.83 bits per heavy atom. The fourth-order valence-electron chi connectivity index (χ4n) is 1.76. The molecule has 0 aliphatic carbocycles. The summed E-state index contributed by atoms with van der Waals surface area (Å²) in [4.78, 5) is 11.9. The minimum atomic E-state index is -0.969. The SMILES string of the molecule is O=C(NCC(O)COc1ccc(F)cc1)c1ccc(F)cc1Cl. The maximum absolute atomic E-state index is 12.9. The summed E-state index contributed by atoms with van der Waals surface area (Å²) >= 11 is 5.78. The highest BCUT2D eigenvalue weighted by atomic mass is 35.5. The van der Waals surface area contributed by atoms with E-state index in [2.05, 4.69) is 5.32 Å². The van der Waals surface area contributed by atoms with Crippen molar-refractivity contribution >= 4 is 17.5 Å². The number of hydrogen-bond donors (Lipinski definition) is 2. The van der Waals surface area contributed by atoms with Crippen LogP contribution in [0, 0.1) is 11.6 Å². The van der Waals surface area contributed by atoms with Crippen molar-refractivity contribution in [2.45, 2.75) is 6.10 Å². The molecular weight excluding hydrogens is 328 g/mol. The predicted molar refractivity (Wildman–Crippen MR) is 81.6 cm³/mol. The van der Waals surface area contributed by atoms with Gasteiger partial charge in [0.15, 0.2) is 0 Å². The van der Waals surface area contributed by atoms with Crippen molar-refractivity contribution in [3.63, 3.8) is 0 Å². The number of aliphatic hydroxyl groups is 1. The normalized spacial score (nSPS) is 11.8. The summed E-state index contributed by atoms with van der Waals surface area (Å²) in [6.45, 7) is -0.156. The van der Waals surface area contributed by atoms with Crippen LogP contribution in [0.5, 0.6) is 5.75 Å². The quantitative estimate of drug-likeness (QED) is 0.849. The average Bonchev–Trinajstić information content (AvgIpc) is 2.52. The Morgan fingerprint density at radius 3 is 2.48 bits per heavy atom. The molecule has 7 heteroatoms. The summed E-state index contributed by atoms with van der Waals surface area (Å²) in [7, 11) is 0. The number of amides is 1. The molecule has 0 aliphatic rings. The van der Waals surface area contributed by atoms with Crippen molar-refractivity contribution in [1.29, 1.82) is 0 Å². The van der Waals surface area contributed by atoms with Crippen LogP contribution < -0.4 is 10.1 Å². The molecule has 0 aromatic heterocycles. The van der Waals surface area contributed by atoms with Crippen molar-refractivity contribution in [1.82, 2.24) is 5.32 Å². The number of aliphatic hydroxyl groups excluding tert-OH is 1. The van der Waals surface area contributed by atoms with E-state index in [0.717, 1.165) is 12.1 Å². The van der Waals surface area contributed by atoms with Crippen LogP contribution >= 0.6 is 11.6 Å². The third kappa shape index (κ3) is 5.19. The van der Waals surface area contributed by atoms with Crippen LogP contribution in [0.25, 0.3) is 0 Å². The highest BCUT2D eigenvalue weighted by Gasteiger charge is 2.13. The number of carbonyl (C=O) groups excluding carboxylic acids is 1. The molecule has 122 valence electrons. The summed E-state index contributed by atoms with van der Waals surface area (Å²) in [6, 6.07) is 8.74. The first-order valence-electron chi connectivity index (χ1n) is 6.75. The number of benzene rings is 2. The van der Waals surface area contributed by atoms with Gasteiger partial charge in [-0.3, -0.25) is 4.79 Å². The number of rotatable bonds is 6. The molecule has 1 amide bonds. The van der Waals surface area contributed by atoms with E-state index in [1.165, 1.54) is 30.3 Å². The van der Waals surface area contributed by atoms with E-state index in [0.29, 0.717) is 5.75 Å². The predicted octanol–water partition coefficient (Wildman–Crippen LogP) is 2.79. The van der Waals surface area contributed by atoms with Crippen LogP contribution in [-0.2, 0) is 0 Å². The number of ether oxygens (including phenoxy) is 1. The molecule has 0 bridgehead atoms. The molecule has 0 heterocycles. The zero-order valence-electron chi connectivity index (χ0n) is 11.9. The van der Waals surface area contributed by atoms with Crippen LogP contribution in [0.2, 0.25) is 5.02 Å². The second-order valence-electron chi connectivity index (χ2n) is 4.75. The maximum Gasteiger partial charge on any atom is 0.252 e. The standard InChI is InChI=1S/C16H14ClF2NO3/c17-15-7-11(19)3-6-14(15)16(22)20-8-12(21)9-23-13-4-1-10(18)2-5-13/h1-7,12,21H,8-9H2,(H,20,22).